The Hall–Kier alpha value is -0.520. The van der Waals surface area contributed by atoms with Crippen molar-refractivity contribution in [2.24, 2.45) is 0 Å². The van der Waals surface area contributed by atoms with Gasteiger partial charge in [0, 0.05) is 4.90 Å². The second-order valence-electron chi connectivity index (χ2n) is 2.40. The van der Waals surface area contributed by atoms with Gasteiger partial charge in [0.2, 0.25) is 0 Å². The Bertz CT molecular complexity index is 370. The summed E-state index contributed by atoms with van der Waals surface area (Å²) >= 11 is 4.03. The van der Waals surface area contributed by atoms with Gasteiger partial charge in [-0.1, -0.05) is 12.1 Å². The maximum absolute atomic E-state index is 10.4. The summed E-state index contributed by atoms with van der Waals surface area (Å²) in [5.74, 6) is -0.360. The molecule has 0 amide bonds. The molecule has 12 heavy (non-hydrogen) atoms. The standard InChI is InChI=1S/C7H8O3S2/c8-12(9,10)5-6-2-1-3-7(11)4-6/h1-4,11H,5H2,(H,8,9,10). The minimum absolute atomic E-state index is 0.360. The van der Waals surface area contributed by atoms with Crippen LogP contribution in [-0.4, -0.2) is 13.0 Å². The van der Waals surface area contributed by atoms with Gasteiger partial charge in [-0.05, 0) is 17.7 Å². The molecule has 0 radical (unpaired) electrons. The average Bonchev–Trinajstić information content (AvgIpc) is 1.82. The van der Waals surface area contributed by atoms with E-state index in [0.717, 1.165) is 0 Å². The first kappa shape index (κ1) is 9.57. The summed E-state index contributed by atoms with van der Waals surface area (Å²) in [4.78, 5) is 0.677. The minimum atomic E-state index is -3.93. The summed E-state index contributed by atoms with van der Waals surface area (Å²) in [5.41, 5.74) is 0.532. The van der Waals surface area contributed by atoms with E-state index in [0.29, 0.717) is 10.5 Å². The van der Waals surface area contributed by atoms with Crippen molar-refractivity contribution in [1.82, 2.24) is 0 Å². The molecule has 0 bridgehead atoms. The van der Waals surface area contributed by atoms with Gasteiger partial charge in [0.1, 0.15) is 5.75 Å². The second-order valence-corrected chi connectivity index (χ2v) is 4.37. The molecule has 66 valence electrons. The van der Waals surface area contributed by atoms with E-state index in [1.807, 2.05) is 0 Å². The van der Waals surface area contributed by atoms with E-state index in [9.17, 15) is 8.42 Å². The van der Waals surface area contributed by atoms with E-state index in [2.05, 4.69) is 12.6 Å². The van der Waals surface area contributed by atoms with Crippen molar-refractivity contribution in [2.45, 2.75) is 10.6 Å². The Kier molecular flexibility index (Phi) is 2.76. The lowest BCUT2D eigenvalue weighted by Crippen LogP contribution is -2.01. The molecule has 5 heteroatoms. The maximum Gasteiger partial charge on any atom is 0.269 e. The van der Waals surface area contributed by atoms with Crippen LogP contribution in [0, 0.1) is 0 Å². The predicted molar refractivity (Wildman–Crippen MR) is 48.9 cm³/mol. The Morgan fingerprint density at radius 3 is 2.58 bits per heavy atom. The summed E-state index contributed by atoms with van der Waals surface area (Å²) < 4.78 is 29.4. The summed E-state index contributed by atoms with van der Waals surface area (Å²) in [6.07, 6.45) is 0. The van der Waals surface area contributed by atoms with Gasteiger partial charge in [0.25, 0.3) is 10.1 Å². The third kappa shape index (κ3) is 3.25. The highest BCUT2D eigenvalue weighted by atomic mass is 32.2. The van der Waals surface area contributed by atoms with E-state index in [1.165, 1.54) is 0 Å². The van der Waals surface area contributed by atoms with Crippen LogP contribution < -0.4 is 0 Å². The molecular formula is C7H8O3S2. The molecule has 1 rings (SSSR count). The van der Waals surface area contributed by atoms with Crippen LogP contribution >= 0.6 is 12.6 Å². The van der Waals surface area contributed by atoms with Crippen LogP contribution in [0.25, 0.3) is 0 Å². The third-order valence-electron chi connectivity index (χ3n) is 1.26. The molecule has 1 N–H and O–H groups in total. The van der Waals surface area contributed by atoms with E-state index < -0.39 is 10.1 Å². The van der Waals surface area contributed by atoms with E-state index in [1.54, 1.807) is 24.3 Å². The summed E-state index contributed by atoms with van der Waals surface area (Å²) in [7, 11) is -3.93. The highest BCUT2D eigenvalue weighted by Crippen LogP contribution is 2.10. The number of thiol groups is 1. The molecule has 1 aromatic rings. The van der Waals surface area contributed by atoms with Crippen LogP contribution in [0.1, 0.15) is 5.56 Å². The van der Waals surface area contributed by atoms with E-state index in [-0.39, 0.29) is 5.75 Å². The summed E-state index contributed by atoms with van der Waals surface area (Å²) in [5, 5.41) is 0. The van der Waals surface area contributed by atoms with Gasteiger partial charge in [0.05, 0.1) is 0 Å². The lowest BCUT2D eigenvalue weighted by molar-refractivity contribution is 0.482. The van der Waals surface area contributed by atoms with E-state index in [4.69, 9.17) is 4.55 Å². The fraction of sp³-hybridized carbons (Fsp3) is 0.143. The lowest BCUT2D eigenvalue weighted by Gasteiger charge is -1.98. The van der Waals surface area contributed by atoms with Crippen molar-refractivity contribution >= 4 is 22.7 Å². The first-order chi connectivity index (χ1) is 5.47. The molecule has 0 spiro atoms. The van der Waals surface area contributed by atoms with Gasteiger partial charge in [-0.25, -0.2) is 0 Å². The zero-order chi connectivity index (χ0) is 9.19. The van der Waals surface area contributed by atoms with Gasteiger partial charge >= 0.3 is 0 Å². The van der Waals surface area contributed by atoms with E-state index >= 15 is 0 Å². The minimum Gasteiger partial charge on any atom is -0.285 e. The average molecular weight is 204 g/mol. The van der Waals surface area contributed by atoms with Crippen LogP contribution in [0.2, 0.25) is 0 Å². The Balaban J connectivity index is 2.91. The zero-order valence-electron chi connectivity index (χ0n) is 6.14. The van der Waals surface area contributed by atoms with Gasteiger partial charge in [-0.2, -0.15) is 8.42 Å². The molecule has 0 aromatic heterocycles. The first-order valence-corrected chi connectivity index (χ1v) is 5.26. The molecule has 0 unspecified atom stereocenters. The smallest absolute Gasteiger partial charge is 0.269 e. The molecule has 0 saturated heterocycles. The molecule has 3 nitrogen and oxygen atoms in total. The summed E-state index contributed by atoms with van der Waals surface area (Å²) in [6, 6.07) is 6.63. The maximum atomic E-state index is 10.4. The number of hydrogen-bond acceptors (Lipinski definition) is 3. The van der Waals surface area contributed by atoms with Crippen LogP contribution in [0.4, 0.5) is 0 Å². The molecular weight excluding hydrogens is 196 g/mol. The molecule has 0 aliphatic carbocycles. The topological polar surface area (TPSA) is 54.4 Å². The highest BCUT2D eigenvalue weighted by molar-refractivity contribution is 7.85. The van der Waals surface area contributed by atoms with Gasteiger partial charge in [-0.15, -0.1) is 12.6 Å². The molecule has 0 aliphatic rings. The van der Waals surface area contributed by atoms with Gasteiger partial charge in [0.15, 0.2) is 0 Å². The van der Waals surface area contributed by atoms with Crippen molar-refractivity contribution in [3.63, 3.8) is 0 Å². The van der Waals surface area contributed by atoms with Gasteiger partial charge in [-0.3, -0.25) is 4.55 Å². The van der Waals surface area contributed by atoms with Crippen LogP contribution in [0.3, 0.4) is 0 Å². The fourth-order valence-electron chi connectivity index (χ4n) is 0.857. The molecule has 0 fully saturated rings. The summed E-state index contributed by atoms with van der Waals surface area (Å²) in [6.45, 7) is 0. The SMILES string of the molecule is O=S(=O)(O)Cc1cccc(S)c1. The number of rotatable bonds is 2. The Morgan fingerprint density at radius 1 is 1.42 bits per heavy atom. The van der Waals surface area contributed by atoms with Crippen molar-refractivity contribution in [3.05, 3.63) is 29.8 Å². The largest absolute Gasteiger partial charge is 0.285 e. The van der Waals surface area contributed by atoms with Crippen molar-refractivity contribution in [2.75, 3.05) is 0 Å². The van der Waals surface area contributed by atoms with Crippen molar-refractivity contribution in [1.29, 1.82) is 0 Å². The second kappa shape index (κ2) is 3.47. The Morgan fingerprint density at radius 2 is 2.08 bits per heavy atom. The predicted octanol–water partition coefficient (Wildman–Crippen LogP) is 1.36. The zero-order valence-corrected chi connectivity index (χ0v) is 7.85. The Labute approximate surface area is 76.6 Å². The van der Waals surface area contributed by atoms with Crippen LogP contribution in [0.15, 0.2) is 29.2 Å². The fourth-order valence-corrected chi connectivity index (χ4v) is 1.71. The first-order valence-electron chi connectivity index (χ1n) is 3.20. The highest BCUT2D eigenvalue weighted by Gasteiger charge is 2.05. The molecule has 0 aliphatic heterocycles. The molecule has 0 saturated carbocycles. The number of benzene rings is 1. The van der Waals surface area contributed by atoms with Crippen molar-refractivity contribution in [3.8, 4) is 0 Å². The molecule has 0 heterocycles. The van der Waals surface area contributed by atoms with Crippen LogP contribution in [-0.2, 0) is 15.9 Å². The van der Waals surface area contributed by atoms with Gasteiger partial charge < -0.3 is 0 Å². The lowest BCUT2D eigenvalue weighted by atomic mass is 10.2. The quantitative estimate of drug-likeness (QED) is 0.565. The molecule has 1 aromatic carbocycles. The number of hydrogen-bond donors (Lipinski definition) is 2. The van der Waals surface area contributed by atoms with Crippen molar-refractivity contribution < 1.29 is 13.0 Å². The monoisotopic (exact) mass is 204 g/mol. The molecule has 0 atom stereocenters. The van der Waals surface area contributed by atoms with Crippen LogP contribution in [0.5, 0.6) is 0 Å². The third-order valence-corrected chi connectivity index (χ3v) is 2.24. The normalized spacial score (nSPS) is 11.5.